The summed E-state index contributed by atoms with van der Waals surface area (Å²) >= 11 is 5.85. The van der Waals surface area contributed by atoms with Crippen LogP contribution in [0.15, 0.2) is 101 Å². The number of amides is 1. The number of ether oxygens (including phenoxy) is 2. The summed E-state index contributed by atoms with van der Waals surface area (Å²) in [6.07, 6.45) is 0. The van der Waals surface area contributed by atoms with Crippen LogP contribution >= 0.6 is 11.6 Å². The topological polar surface area (TPSA) is 131 Å². The third kappa shape index (κ3) is 7.14. The molecule has 0 atom stereocenters. The van der Waals surface area contributed by atoms with Gasteiger partial charge in [-0.1, -0.05) is 29.3 Å². The summed E-state index contributed by atoms with van der Waals surface area (Å²) in [7, 11) is -5.28. The van der Waals surface area contributed by atoms with Gasteiger partial charge in [-0.3, -0.25) is 13.8 Å². The number of sulfonamides is 2. The Morgan fingerprint density at radius 1 is 0.786 bits per heavy atom. The van der Waals surface area contributed by atoms with Crippen LogP contribution in [0.4, 0.5) is 17.1 Å². The summed E-state index contributed by atoms with van der Waals surface area (Å²) in [5.74, 6) is -0.0487. The minimum Gasteiger partial charge on any atom is -0.497 e. The predicted molar refractivity (Wildman–Crippen MR) is 163 cm³/mol. The summed E-state index contributed by atoms with van der Waals surface area (Å²) < 4.78 is 67.1. The number of anilines is 3. The van der Waals surface area contributed by atoms with Gasteiger partial charge in [0, 0.05) is 22.5 Å². The first-order chi connectivity index (χ1) is 19.9. The van der Waals surface area contributed by atoms with Crippen molar-refractivity contribution in [3.63, 3.8) is 0 Å². The van der Waals surface area contributed by atoms with Crippen molar-refractivity contribution in [1.29, 1.82) is 0 Å². The molecule has 0 unspecified atom stereocenters. The molecule has 0 saturated heterocycles. The van der Waals surface area contributed by atoms with Gasteiger partial charge in [-0.05, 0) is 79.7 Å². The highest BCUT2D eigenvalue weighted by molar-refractivity contribution is 7.93. The van der Waals surface area contributed by atoms with Gasteiger partial charge in [0.1, 0.15) is 18.0 Å². The third-order valence-corrected chi connectivity index (χ3v) is 9.52. The molecular weight excluding hydrogens is 602 g/mol. The van der Waals surface area contributed by atoms with Gasteiger partial charge in [0.25, 0.3) is 20.0 Å². The lowest BCUT2D eigenvalue weighted by atomic mass is 10.2. The van der Waals surface area contributed by atoms with E-state index in [0.717, 1.165) is 9.87 Å². The van der Waals surface area contributed by atoms with Crippen LogP contribution < -0.4 is 23.8 Å². The molecule has 4 rings (SSSR count). The van der Waals surface area contributed by atoms with E-state index in [2.05, 4.69) is 10.0 Å². The molecule has 0 radical (unpaired) electrons. The van der Waals surface area contributed by atoms with E-state index in [4.69, 9.17) is 21.1 Å². The highest BCUT2D eigenvalue weighted by Crippen LogP contribution is 2.35. The molecule has 0 aromatic heterocycles. The number of carbonyl (C=O) groups excluding carboxylic acids is 1. The Morgan fingerprint density at radius 3 is 1.98 bits per heavy atom. The molecule has 1 amide bonds. The van der Waals surface area contributed by atoms with Gasteiger partial charge in [0.05, 0.1) is 29.7 Å². The fourth-order valence-electron chi connectivity index (χ4n) is 3.91. The van der Waals surface area contributed by atoms with Crippen LogP contribution in [-0.4, -0.2) is 43.5 Å². The lowest BCUT2D eigenvalue weighted by Gasteiger charge is -2.26. The van der Waals surface area contributed by atoms with Crippen LogP contribution in [0.25, 0.3) is 0 Å². The normalized spacial score (nSPS) is 11.4. The van der Waals surface area contributed by atoms with Gasteiger partial charge in [-0.15, -0.1) is 0 Å². The van der Waals surface area contributed by atoms with Crippen molar-refractivity contribution < 1.29 is 31.1 Å². The lowest BCUT2D eigenvalue weighted by molar-refractivity contribution is -0.114. The molecule has 4 aromatic carbocycles. The van der Waals surface area contributed by atoms with Crippen molar-refractivity contribution in [3.8, 4) is 11.5 Å². The molecule has 2 N–H and O–H groups in total. The van der Waals surface area contributed by atoms with E-state index in [-0.39, 0.29) is 26.9 Å². The Morgan fingerprint density at radius 2 is 1.38 bits per heavy atom. The zero-order valence-electron chi connectivity index (χ0n) is 22.9. The smallest absolute Gasteiger partial charge is 0.264 e. The number of hydrogen-bond donors (Lipinski definition) is 2. The maximum Gasteiger partial charge on any atom is 0.264 e. The van der Waals surface area contributed by atoms with Crippen LogP contribution in [0.2, 0.25) is 5.02 Å². The quantitative estimate of drug-likeness (QED) is 0.230. The Bertz CT molecular complexity index is 1780. The number of rotatable bonds is 11. The van der Waals surface area contributed by atoms with Gasteiger partial charge in [-0.25, -0.2) is 16.8 Å². The van der Waals surface area contributed by atoms with Crippen molar-refractivity contribution in [3.05, 3.63) is 102 Å². The molecule has 10 nitrogen and oxygen atoms in total. The molecule has 0 fully saturated rings. The molecule has 4 aromatic rings. The van der Waals surface area contributed by atoms with Gasteiger partial charge in [-0.2, -0.15) is 0 Å². The van der Waals surface area contributed by atoms with Crippen molar-refractivity contribution in [1.82, 2.24) is 0 Å². The number of nitrogens with zero attached hydrogens (tertiary/aromatic N) is 1. The maximum absolute atomic E-state index is 13.8. The van der Waals surface area contributed by atoms with Crippen LogP contribution in [0, 0.1) is 6.92 Å². The number of nitrogens with one attached hydrogen (secondary N) is 2. The molecule has 0 heterocycles. The zero-order chi connectivity index (χ0) is 30.5. The second-order valence-electron chi connectivity index (χ2n) is 9.05. The molecule has 0 saturated carbocycles. The van der Waals surface area contributed by atoms with E-state index in [0.29, 0.717) is 16.5 Å². The second kappa shape index (κ2) is 12.7. The molecule has 220 valence electrons. The lowest BCUT2D eigenvalue weighted by Crippen LogP contribution is -2.38. The summed E-state index contributed by atoms with van der Waals surface area (Å²) in [6, 6.07) is 22.4. The number of halogens is 1. The number of hydrogen-bond acceptors (Lipinski definition) is 7. The Labute approximate surface area is 250 Å². The molecule has 13 heteroatoms. The summed E-state index contributed by atoms with van der Waals surface area (Å²) in [5.41, 5.74) is 1.60. The van der Waals surface area contributed by atoms with E-state index >= 15 is 0 Å². The summed E-state index contributed by atoms with van der Waals surface area (Å²) in [6.45, 7) is 1.23. The highest BCUT2D eigenvalue weighted by atomic mass is 35.5. The molecule has 0 aliphatic heterocycles. The van der Waals surface area contributed by atoms with Gasteiger partial charge in [0.2, 0.25) is 5.91 Å². The minimum atomic E-state index is -4.21. The van der Waals surface area contributed by atoms with E-state index in [9.17, 15) is 21.6 Å². The number of benzene rings is 4. The zero-order valence-corrected chi connectivity index (χ0v) is 25.3. The first-order valence-corrected chi connectivity index (χ1v) is 15.7. The third-order valence-electron chi connectivity index (χ3n) is 6.10. The Balaban J connectivity index is 1.58. The van der Waals surface area contributed by atoms with Gasteiger partial charge < -0.3 is 14.8 Å². The van der Waals surface area contributed by atoms with Crippen molar-refractivity contribution in [2.75, 3.05) is 35.1 Å². The van der Waals surface area contributed by atoms with E-state index < -0.39 is 32.5 Å². The van der Waals surface area contributed by atoms with E-state index in [1.807, 2.05) is 6.92 Å². The average Bonchev–Trinajstić information content (AvgIpc) is 2.97. The Hall–Kier alpha value is -4.26. The molecular formula is C29H28ClN3O7S2. The largest absolute Gasteiger partial charge is 0.497 e. The molecule has 0 bridgehead atoms. The molecule has 0 spiro atoms. The minimum absolute atomic E-state index is 0.0125. The van der Waals surface area contributed by atoms with Gasteiger partial charge in [0.15, 0.2) is 0 Å². The first-order valence-electron chi connectivity index (χ1n) is 12.4. The van der Waals surface area contributed by atoms with Crippen LogP contribution in [0.1, 0.15) is 5.56 Å². The summed E-state index contributed by atoms with van der Waals surface area (Å²) in [4.78, 5) is 13.1. The molecule has 0 aliphatic rings. The second-order valence-corrected chi connectivity index (χ2v) is 13.0. The highest BCUT2D eigenvalue weighted by Gasteiger charge is 2.30. The monoisotopic (exact) mass is 629 g/mol. The predicted octanol–water partition coefficient (Wildman–Crippen LogP) is 5.30. The van der Waals surface area contributed by atoms with Crippen molar-refractivity contribution in [2.24, 2.45) is 0 Å². The van der Waals surface area contributed by atoms with E-state index in [1.165, 1.54) is 74.9 Å². The van der Waals surface area contributed by atoms with Gasteiger partial charge >= 0.3 is 0 Å². The van der Waals surface area contributed by atoms with Crippen LogP contribution in [-0.2, 0) is 24.8 Å². The van der Waals surface area contributed by atoms with Crippen LogP contribution in [0.3, 0.4) is 0 Å². The standard InChI is InChI=1S/C29H28ClN3O7S2/c1-20-4-13-26(14-5-20)42(37,38)33(27-17-12-24(39-2)18-28(27)40-3)19-29(34)31-22-10-15-25(16-11-22)41(35,36)32-23-8-6-21(30)7-9-23/h4-18,32H,19H2,1-3H3,(H,31,34). The van der Waals surface area contributed by atoms with E-state index in [1.54, 1.807) is 30.3 Å². The average molecular weight is 630 g/mol. The fraction of sp³-hybridized carbons (Fsp3) is 0.138. The van der Waals surface area contributed by atoms with Crippen molar-refractivity contribution in [2.45, 2.75) is 16.7 Å². The SMILES string of the molecule is COc1ccc(N(CC(=O)Nc2ccc(S(=O)(=O)Nc3ccc(Cl)cc3)cc2)S(=O)(=O)c2ccc(C)cc2)c(OC)c1. The number of aryl methyl sites for hydroxylation is 1. The Kier molecular flexibility index (Phi) is 9.30. The first kappa shape index (κ1) is 30.7. The van der Waals surface area contributed by atoms with Crippen LogP contribution in [0.5, 0.6) is 11.5 Å². The molecule has 0 aliphatic carbocycles. The van der Waals surface area contributed by atoms with Crippen molar-refractivity contribution >= 4 is 54.6 Å². The maximum atomic E-state index is 13.8. The number of methoxy groups -OCH3 is 2. The summed E-state index contributed by atoms with van der Waals surface area (Å²) in [5, 5.41) is 3.10. The number of carbonyl (C=O) groups is 1. The molecule has 42 heavy (non-hydrogen) atoms. The fourth-order valence-corrected chi connectivity index (χ4v) is 6.52.